The Bertz CT molecular complexity index is 4890. The van der Waals surface area contributed by atoms with Gasteiger partial charge >= 0.3 is 78.1 Å². The molecule has 5 aliphatic rings. The van der Waals surface area contributed by atoms with E-state index in [9.17, 15) is 58.2 Å². The normalized spacial score (nSPS) is 15.2. The molecule has 5 unspecified atom stereocenters. The number of amides is 4. The number of ketones is 1. The van der Waals surface area contributed by atoms with Gasteiger partial charge in [-0.1, -0.05) is 180 Å². The fourth-order valence-electron chi connectivity index (χ4n) is 11.6. The quantitative estimate of drug-likeness (QED) is 0.00496. The molecule has 6 aromatic rings. The van der Waals surface area contributed by atoms with Gasteiger partial charge in [0.15, 0.2) is 17.9 Å². The summed E-state index contributed by atoms with van der Waals surface area (Å²) in [5.41, 5.74) is 14.6. The molecule has 0 aliphatic carbocycles. The number of benzene rings is 6. The first-order valence-corrected chi connectivity index (χ1v) is 46.2. The summed E-state index contributed by atoms with van der Waals surface area (Å²) < 4.78 is 40.3. The van der Waals surface area contributed by atoms with E-state index in [1.807, 2.05) is 127 Å². The molecule has 0 spiro atoms. The number of aliphatic carboxylic acids is 3. The number of aliphatic imine (C=N–C) groups is 4. The number of aliphatic hydroxyl groups excluding tert-OH is 2. The number of likely N-dealkylation sites (N-methyl/N-ethyl adjacent to an activating group) is 1. The molecule has 4 amide bonds. The Hall–Kier alpha value is -11.5. The minimum absolute atomic E-state index is 0. The van der Waals surface area contributed by atoms with Crippen LogP contribution in [0.3, 0.4) is 0 Å². The van der Waals surface area contributed by atoms with Crippen LogP contribution in [-0.4, -0.2) is 309 Å². The fraction of sp³-hybridized carbons (Fsp3) is 0.495. The SMILES string of the molecule is C.C1CCOC1.CC(=N)c1ccccc1.CC(C)(C)OC(=O)N1CC(C(=O)O)N=C1c1ccccc1.CC(C)(C)OC(=O)OC(=O)OC(C)(C)C.CCN(CC)CC.CNOC.CON(C)C(=O)C1CN(C(=O)OC(C)(C)C)C(c2ccccc2)=N1.COc1cc(C(=O)C2CN(C(=O)OC(C)(C)C)C(c3ccccc3)=N2)cc(CO)c1CO.ClCCl.NCC(N)C(=O)O.O=C(O)C1CN=C(c2ccccc2)N1.[Na+].[OH-]. The van der Waals surface area contributed by atoms with Gasteiger partial charge in [0.2, 0.25) is 0 Å². The number of rotatable bonds is 20. The van der Waals surface area contributed by atoms with Crippen LogP contribution in [0.5, 0.6) is 5.75 Å². The Labute approximate surface area is 878 Å². The van der Waals surface area contributed by atoms with Crippen LogP contribution in [-0.2, 0) is 75.2 Å². The van der Waals surface area contributed by atoms with E-state index in [2.05, 4.69) is 66.0 Å². The van der Waals surface area contributed by atoms with Crippen molar-refractivity contribution in [2.24, 2.45) is 31.4 Å². The van der Waals surface area contributed by atoms with Crippen molar-refractivity contribution in [2.45, 2.75) is 223 Å². The van der Waals surface area contributed by atoms with E-state index in [0.717, 1.165) is 35.0 Å². The Balaban J connectivity index is -0.00000161. The van der Waals surface area contributed by atoms with Gasteiger partial charge in [0.05, 0.1) is 66.1 Å². The van der Waals surface area contributed by atoms with Gasteiger partial charge in [-0.25, -0.2) is 44.1 Å². The number of hydrogen-bond acceptors (Lipinski definition) is 33. The first-order chi connectivity index (χ1) is 66.1. The van der Waals surface area contributed by atoms with E-state index >= 15 is 0 Å². The molecule has 0 radical (unpaired) electrons. The molecule has 0 saturated carbocycles. The molecule has 796 valence electrons. The summed E-state index contributed by atoms with van der Waals surface area (Å²) >= 11 is 9.53. The maximum Gasteiger partial charge on any atom is 1.00 e. The van der Waals surface area contributed by atoms with Crippen molar-refractivity contribution in [3.63, 3.8) is 0 Å². The molecule has 1 fully saturated rings. The van der Waals surface area contributed by atoms with Crippen LogP contribution in [0.25, 0.3) is 0 Å². The second kappa shape index (κ2) is 70.3. The number of carboxylic acids is 3. The molecular weight excluding hydrogens is 1920 g/mol. The van der Waals surface area contributed by atoms with Crippen LogP contribution in [0, 0.1) is 5.41 Å². The topological polar surface area (TPSA) is 560 Å². The van der Waals surface area contributed by atoms with Crippen LogP contribution in [0.4, 0.5) is 24.0 Å². The third kappa shape index (κ3) is 54.5. The molecule has 5 heterocycles. The molecule has 5 atom stereocenters. The third-order valence-electron chi connectivity index (χ3n) is 18.4. The summed E-state index contributed by atoms with van der Waals surface area (Å²) in [5.74, 6) is -1.55. The second-order valence-electron chi connectivity index (χ2n) is 35.4. The first kappa shape index (κ1) is 137. The number of hydroxylamine groups is 3. The summed E-state index contributed by atoms with van der Waals surface area (Å²) in [6.45, 7) is 39.6. The van der Waals surface area contributed by atoms with Gasteiger partial charge < -0.3 is 101 Å². The average molecular weight is 2070 g/mol. The number of methoxy groups -OCH3 is 1. The molecule has 43 heteroatoms. The summed E-state index contributed by atoms with van der Waals surface area (Å²) in [4.78, 5) is 150. The first-order valence-electron chi connectivity index (χ1n) is 45.2. The Morgan fingerprint density at radius 1 is 0.549 bits per heavy atom. The van der Waals surface area contributed by atoms with Crippen LogP contribution in [0.1, 0.15) is 201 Å². The van der Waals surface area contributed by atoms with Gasteiger partial charge in [0, 0.05) is 72.9 Å². The van der Waals surface area contributed by atoms with Gasteiger partial charge in [0.25, 0.3) is 5.91 Å². The Kier molecular flexibility index (Phi) is 66.7. The molecule has 0 bridgehead atoms. The molecule has 0 aromatic heterocycles. The molecule has 6 aromatic carbocycles. The smallest absolute Gasteiger partial charge is 0.870 e. The van der Waals surface area contributed by atoms with Gasteiger partial charge in [0.1, 0.15) is 75.2 Å². The molecule has 11 rings (SSSR count). The van der Waals surface area contributed by atoms with E-state index in [-0.39, 0.29) is 104 Å². The number of nitrogens with zero attached hydrogens (tertiary/aromatic N) is 9. The van der Waals surface area contributed by atoms with Crippen LogP contribution < -0.4 is 56.6 Å². The minimum Gasteiger partial charge on any atom is -0.870 e. The molecule has 13 N–H and O–H groups in total. The number of nitrogens with one attached hydrogen (secondary N) is 3. The monoisotopic (exact) mass is 2070 g/mol. The number of carboxylic acid groups (broad SMARTS) is 3. The van der Waals surface area contributed by atoms with E-state index in [1.54, 1.807) is 149 Å². The number of ether oxygens (including phenoxy) is 8. The van der Waals surface area contributed by atoms with Crippen molar-refractivity contribution in [1.29, 1.82) is 5.41 Å². The number of carbonyl (C=O) groups excluding carboxylic acids is 7. The zero-order valence-electron chi connectivity index (χ0n) is 86.9. The number of halogens is 2. The maximum atomic E-state index is 13.3. The van der Waals surface area contributed by atoms with Crippen molar-refractivity contribution in [3.8, 4) is 5.75 Å². The molecule has 5 aliphatic heterocycles. The van der Waals surface area contributed by atoms with Crippen molar-refractivity contribution in [3.05, 3.63) is 208 Å². The van der Waals surface area contributed by atoms with Crippen molar-refractivity contribution in [2.75, 3.05) is 106 Å². The predicted molar refractivity (Wildman–Crippen MR) is 550 cm³/mol. The summed E-state index contributed by atoms with van der Waals surface area (Å²) in [6.07, 6.45) is -1.26. The molecule has 1 saturated heterocycles. The third-order valence-corrected chi connectivity index (χ3v) is 18.4. The number of hydrogen-bond donors (Lipinski definition) is 10. The number of nitrogens with two attached hydrogens (primary N) is 2. The molecular formula is C101H151Cl2N14NaO26. The second-order valence-corrected chi connectivity index (χ2v) is 36.2. The van der Waals surface area contributed by atoms with Gasteiger partial charge in [-0.05, 0) is 167 Å². The van der Waals surface area contributed by atoms with E-state index in [0.29, 0.717) is 63.6 Å². The van der Waals surface area contributed by atoms with Crippen molar-refractivity contribution in [1.82, 2.24) is 35.5 Å². The van der Waals surface area contributed by atoms with E-state index in [1.165, 1.54) is 80.6 Å². The van der Waals surface area contributed by atoms with Gasteiger partial charge in [-0.2, -0.15) is 0 Å². The number of Topliss-reactive ketones (excluding diaryl/α,β-unsaturated/α-hetero) is 1. The van der Waals surface area contributed by atoms with Crippen LogP contribution in [0.2, 0.25) is 0 Å². The van der Waals surface area contributed by atoms with Gasteiger partial charge in [-0.15, -0.1) is 23.2 Å². The van der Waals surface area contributed by atoms with Crippen LogP contribution >= 0.6 is 23.2 Å². The number of amidine groups is 4. The van der Waals surface area contributed by atoms with Crippen molar-refractivity contribution < 1.29 is 156 Å². The van der Waals surface area contributed by atoms with E-state index in [4.69, 9.17) is 93.4 Å². The molecule has 144 heavy (non-hydrogen) atoms. The van der Waals surface area contributed by atoms with Crippen molar-refractivity contribution >= 4 is 112 Å². The summed E-state index contributed by atoms with van der Waals surface area (Å²) in [7, 11) is 7.62. The minimum atomic E-state index is -1.06. The predicted octanol–water partition coefficient (Wildman–Crippen LogP) is 11.7. The maximum absolute atomic E-state index is 13.3. The number of aliphatic hydroxyl groups is 2. The largest absolute Gasteiger partial charge is 1.00 e. The average Bonchev–Trinajstić information content (AvgIpc) is 1.63. The Morgan fingerprint density at radius 2 is 0.896 bits per heavy atom. The standard InChI is InChI=1S/C24H28N2O6.C17H23N3O4.C15H18N2O4.C10H10N2O2.C10H18O5.C8H9N.C6H15N.C4H8O.C3H8N2O2.C2H7NO.CH2Cl2.CH4.Na.H2O/c1-24(2,3)32-23(30)26-12-19(25-22(26)15-8-6-5-7-9-15)21(29)16-10-17(13-27)18(14-28)20(11-16)31-4;1-17(2,3)24-16(22)20-11-13(15(21)19(4)23-5)18-14(20)12-9-7-6-8-10-12;1-15(2,3)21-14(20)17-9-11(13(18)19)16-12(17)10-7-5-4-6-8-10;13-10(14)8-6-11-9(12-8)7-4-2-1-3-5-7;1-9(2,3)14-7(11)13-8(12)15-10(4,5)6;1-7(9)8-5-3-2-4-6-8;1-4-7(5-2)6-3;1-2-4-5-3-1;4-1-2(5)3(6)7;1-3-4-2;2-1-3;;;/h5-11,19,27-28H,12-14H2,1-4H3;6-10,13H,11H2,1-5H3;4-8,11H,9H2,1-3H3,(H,18,19);1-5,8H,6H2,(H,11,12)(H,13,14);1-6H3;2-6,9H,1H3;4-6H2,1-3H3;1-4H2;2H,1,4-5H2,(H,6,7);3H,1-2H3;1H2;1H4;;1H2/q;;;;;;;;;;;;+1;/p-1. The number of alkyl halides is 2. The zero-order chi connectivity index (χ0) is 107. The zero-order valence-corrected chi connectivity index (χ0v) is 90.4. The number of carbonyl (C=O) groups is 10. The summed E-state index contributed by atoms with van der Waals surface area (Å²) in [5, 5.41) is 56.5. The fourth-order valence-corrected chi connectivity index (χ4v) is 11.6. The molecule has 40 nitrogen and oxygen atoms in total. The van der Waals surface area contributed by atoms with Crippen LogP contribution in [0.15, 0.2) is 184 Å². The summed E-state index contributed by atoms with van der Waals surface area (Å²) in [6, 6.07) is 45.6. The Morgan fingerprint density at radius 3 is 1.16 bits per heavy atom. The van der Waals surface area contributed by atoms with Gasteiger partial charge in [-0.3, -0.25) is 53.9 Å². The van der Waals surface area contributed by atoms with E-state index < -0.39 is 107 Å².